The second-order valence-corrected chi connectivity index (χ2v) is 15.2. The number of quaternary nitrogens is 1. The summed E-state index contributed by atoms with van der Waals surface area (Å²) < 4.78 is 17.1. The Morgan fingerprint density at radius 1 is 0.585 bits per heavy atom. The van der Waals surface area contributed by atoms with Crippen LogP contribution in [-0.2, 0) is 28.6 Å². The van der Waals surface area contributed by atoms with Gasteiger partial charge in [0.2, 0.25) is 0 Å². The van der Waals surface area contributed by atoms with Crippen molar-refractivity contribution in [3.63, 3.8) is 0 Å². The van der Waals surface area contributed by atoms with E-state index in [-0.39, 0.29) is 42.7 Å². The fraction of sp³-hybridized carbons (Fsp3) is 0.756. The van der Waals surface area contributed by atoms with Crippen molar-refractivity contribution in [2.75, 3.05) is 41.0 Å². The third-order valence-electron chi connectivity index (χ3n) is 9.23. The standard InChI is InChI=1S/C45H79NO7/c1-6-8-10-12-14-16-18-20-21-22-24-25-27-29-31-33-35-43(47)52-40-41(39-51-38-37-42(45(49)50)46(3,4)5)53-44(48)36-34-32-30-28-26-23-19-17-15-13-11-9-7-2/h8,10,14,16,20-21,24-25,41-42H,6-7,9,11-13,15,17-19,22-23,26-40H2,1-5H3/b10-8+,16-14+,21-20+,25-24+. The average molecular weight is 746 g/mol. The van der Waals surface area contributed by atoms with Gasteiger partial charge in [-0.15, -0.1) is 0 Å². The van der Waals surface area contributed by atoms with Crippen molar-refractivity contribution >= 4 is 17.9 Å². The van der Waals surface area contributed by atoms with E-state index in [2.05, 4.69) is 62.5 Å². The maximum absolute atomic E-state index is 12.7. The molecule has 8 nitrogen and oxygen atoms in total. The van der Waals surface area contributed by atoms with Crippen LogP contribution in [0.4, 0.5) is 0 Å². The van der Waals surface area contributed by atoms with Crippen LogP contribution in [0.15, 0.2) is 48.6 Å². The highest BCUT2D eigenvalue weighted by molar-refractivity contribution is 5.70. The SMILES string of the molecule is CC/C=C/C/C=C/C/C=C/C/C=C/CCCCCC(=O)OCC(COCCC(C(=O)[O-])[N+](C)(C)C)OC(=O)CCCCCCCCCCCCCCC. The van der Waals surface area contributed by atoms with Crippen molar-refractivity contribution in [3.05, 3.63) is 48.6 Å². The molecule has 0 aromatic heterocycles. The molecule has 0 radical (unpaired) electrons. The van der Waals surface area contributed by atoms with Crippen LogP contribution in [0.3, 0.4) is 0 Å². The number of carbonyl (C=O) groups is 3. The maximum Gasteiger partial charge on any atom is 0.306 e. The van der Waals surface area contributed by atoms with E-state index >= 15 is 0 Å². The van der Waals surface area contributed by atoms with Crippen molar-refractivity contribution < 1.29 is 38.2 Å². The van der Waals surface area contributed by atoms with Gasteiger partial charge in [0.1, 0.15) is 12.6 Å². The van der Waals surface area contributed by atoms with Crippen LogP contribution < -0.4 is 5.11 Å². The molecule has 0 aliphatic rings. The third-order valence-corrected chi connectivity index (χ3v) is 9.23. The number of hydrogen-bond donors (Lipinski definition) is 0. The first-order valence-corrected chi connectivity index (χ1v) is 21.2. The minimum Gasteiger partial charge on any atom is -0.544 e. The van der Waals surface area contributed by atoms with Gasteiger partial charge in [-0.25, -0.2) is 0 Å². The van der Waals surface area contributed by atoms with E-state index in [1.54, 1.807) is 21.1 Å². The van der Waals surface area contributed by atoms with Crippen molar-refractivity contribution in [2.24, 2.45) is 0 Å². The van der Waals surface area contributed by atoms with E-state index in [4.69, 9.17) is 14.2 Å². The molecule has 53 heavy (non-hydrogen) atoms. The summed E-state index contributed by atoms with van der Waals surface area (Å²) in [5.74, 6) is -1.78. The molecule has 306 valence electrons. The molecule has 0 aromatic carbocycles. The molecule has 0 aromatic rings. The molecule has 0 aliphatic heterocycles. The summed E-state index contributed by atoms with van der Waals surface area (Å²) in [4.78, 5) is 36.8. The van der Waals surface area contributed by atoms with Crippen LogP contribution >= 0.6 is 0 Å². The lowest BCUT2D eigenvalue weighted by atomic mass is 10.0. The highest BCUT2D eigenvalue weighted by Crippen LogP contribution is 2.14. The quantitative estimate of drug-likeness (QED) is 0.0270. The molecule has 0 saturated heterocycles. The largest absolute Gasteiger partial charge is 0.544 e. The molecule has 0 saturated carbocycles. The van der Waals surface area contributed by atoms with Crippen LogP contribution in [-0.4, -0.2) is 75.5 Å². The Balaban J connectivity index is 4.42. The Kier molecular flexibility index (Phi) is 34.4. The first-order chi connectivity index (χ1) is 25.6. The monoisotopic (exact) mass is 746 g/mol. The summed E-state index contributed by atoms with van der Waals surface area (Å²) >= 11 is 0. The first-order valence-electron chi connectivity index (χ1n) is 21.2. The zero-order chi connectivity index (χ0) is 39.3. The Hall–Kier alpha value is -2.71. The van der Waals surface area contributed by atoms with Gasteiger partial charge in [-0.3, -0.25) is 9.59 Å². The zero-order valence-corrected chi connectivity index (χ0v) is 34.7. The summed E-state index contributed by atoms with van der Waals surface area (Å²) in [5.41, 5.74) is 0. The molecule has 2 unspecified atom stereocenters. The topological polar surface area (TPSA) is 102 Å². The molecule has 0 fully saturated rings. The van der Waals surface area contributed by atoms with Gasteiger partial charge in [-0.05, 0) is 51.4 Å². The molecule has 0 rings (SSSR count). The molecule has 0 aliphatic carbocycles. The molecule has 0 amide bonds. The number of likely N-dealkylation sites (N-methyl/N-ethyl adjacent to an activating group) is 1. The van der Waals surface area contributed by atoms with Gasteiger partial charge in [0.15, 0.2) is 6.10 Å². The molecule has 0 N–H and O–H groups in total. The predicted molar refractivity (Wildman–Crippen MR) is 217 cm³/mol. The van der Waals surface area contributed by atoms with Gasteiger partial charge in [0.25, 0.3) is 0 Å². The first kappa shape index (κ1) is 50.3. The number of allylic oxidation sites excluding steroid dienone is 8. The van der Waals surface area contributed by atoms with Crippen LogP contribution in [0.1, 0.15) is 168 Å². The van der Waals surface area contributed by atoms with E-state index in [1.165, 1.54) is 64.2 Å². The van der Waals surface area contributed by atoms with Gasteiger partial charge in [-0.2, -0.15) is 0 Å². The van der Waals surface area contributed by atoms with Crippen molar-refractivity contribution in [1.29, 1.82) is 0 Å². The lowest BCUT2D eigenvalue weighted by Gasteiger charge is -2.34. The fourth-order valence-corrected chi connectivity index (χ4v) is 5.94. The minimum atomic E-state index is -1.13. The molecule has 0 heterocycles. The molecular weight excluding hydrogens is 666 g/mol. The predicted octanol–water partition coefficient (Wildman–Crippen LogP) is 9.91. The Morgan fingerprint density at radius 2 is 1.06 bits per heavy atom. The fourth-order valence-electron chi connectivity index (χ4n) is 5.94. The molecular formula is C45H79NO7. The van der Waals surface area contributed by atoms with E-state index in [0.717, 1.165) is 70.6 Å². The number of nitrogens with zero attached hydrogens (tertiary/aromatic N) is 1. The molecule has 0 spiro atoms. The van der Waals surface area contributed by atoms with Crippen molar-refractivity contribution in [3.8, 4) is 0 Å². The number of aliphatic carboxylic acids is 1. The lowest BCUT2D eigenvalue weighted by Crippen LogP contribution is -2.55. The van der Waals surface area contributed by atoms with Gasteiger partial charge in [-0.1, -0.05) is 146 Å². The molecule has 0 bridgehead atoms. The number of rotatable bonds is 37. The number of carboxylic acid groups (broad SMARTS) is 1. The summed E-state index contributed by atoms with van der Waals surface area (Å²) in [6.45, 7) is 4.51. The number of carboxylic acids is 1. The zero-order valence-electron chi connectivity index (χ0n) is 34.7. The lowest BCUT2D eigenvalue weighted by molar-refractivity contribution is -0.889. The van der Waals surface area contributed by atoms with E-state index in [0.29, 0.717) is 12.8 Å². The average Bonchev–Trinajstić information content (AvgIpc) is 3.11. The number of unbranched alkanes of at least 4 members (excludes halogenated alkanes) is 15. The van der Waals surface area contributed by atoms with Crippen LogP contribution in [0.25, 0.3) is 0 Å². The molecule has 2 atom stereocenters. The van der Waals surface area contributed by atoms with E-state index in [9.17, 15) is 19.5 Å². The normalized spacial score (nSPS) is 13.5. The van der Waals surface area contributed by atoms with Gasteiger partial charge in [0, 0.05) is 19.3 Å². The third kappa shape index (κ3) is 34.8. The number of esters is 2. The van der Waals surface area contributed by atoms with Gasteiger partial charge in [0.05, 0.1) is 40.3 Å². The summed E-state index contributed by atoms with van der Waals surface area (Å²) in [6.07, 6.45) is 41.3. The van der Waals surface area contributed by atoms with Crippen LogP contribution in [0.5, 0.6) is 0 Å². The highest BCUT2D eigenvalue weighted by atomic mass is 16.6. The Bertz CT molecular complexity index is 1010. The van der Waals surface area contributed by atoms with Gasteiger partial charge < -0.3 is 28.6 Å². The van der Waals surface area contributed by atoms with Crippen LogP contribution in [0.2, 0.25) is 0 Å². The Labute approximate surface area is 325 Å². The summed E-state index contributed by atoms with van der Waals surface area (Å²) in [6, 6.07) is -0.729. The Morgan fingerprint density at radius 3 is 1.57 bits per heavy atom. The molecule has 8 heteroatoms. The number of ether oxygens (including phenoxy) is 3. The van der Waals surface area contributed by atoms with E-state index in [1.807, 2.05) is 0 Å². The number of carbonyl (C=O) groups excluding carboxylic acids is 3. The van der Waals surface area contributed by atoms with Crippen molar-refractivity contribution in [1.82, 2.24) is 0 Å². The van der Waals surface area contributed by atoms with Crippen LogP contribution in [0, 0.1) is 0 Å². The second kappa shape index (κ2) is 36.3. The van der Waals surface area contributed by atoms with Gasteiger partial charge >= 0.3 is 11.9 Å². The summed E-state index contributed by atoms with van der Waals surface area (Å²) in [7, 11) is 5.39. The maximum atomic E-state index is 12.7. The van der Waals surface area contributed by atoms with Crippen molar-refractivity contribution in [2.45, 2.75) is 180 Å². The number of hydrogen-bond acceptors (Lipinski definition) is 7. The summed E-state index contributed by atoms with van der Waals surface area (Å²) in [5, 5.41) is 11.6. The smallest absolute Gasteiger partial charge is 0.306 e. The van der Waals surface area contributed by atoms with E-state index < -0.39 is 18.1 Å². The second-order valence-electron chi connectivity index (χ2n) is 15.2. The highest BCUT2D eigenvalue weighted by Gasteiger charge is 2.25. The minimum absolute atomic E-state index is 0.0312.